The molecule has 0 bridgehead atoms. The number of rotatable bonds is 1. The van der Waals surface area contributed by atoms with Crippen molar-refractivity contribution in [2.45, 2.75) is 25.3 Å². The molecule has 4 heteroatoms. The van der Waals surface area contributed by atoms with Gasteiger partial charge in [-0.2, -0.15) is 0 Å². The molecule has 1 aliphatic rings. The minimum atomic E-state index is -0.819. The highest BCUT2D eigenvalue weighted by Crippen LogP contribution is 2.34. The van der Waals surface area contributed by atoms with Gasteiger partial charge in [0.2, 0.25) is 0 Å². The average Bonchev–Trinajstić information content (AvgIpc) is 2.48. The van der Waals surface area contributed by atoms with Crippen molar-refractivity contribution < 1.29 is 9.90 Å². The first-order valence-corrected chi connectivity index (χ1v) is 5.17. The van der Waals surface area contributed by atoms with E-state index in [1.807, 2.05) is 5.38 Å². The van der Waals surface area contributed by atoms with Crippen molar-refractivity contribution in [1.82, 2.24) is 0 Å². The number of carbonyl (C=O) groups is 1. The minimum Gasteiger partial charge on any atom is -0.477 e. The fourth-order valence-electron chi connectivity index (χ4n) is 1.80. The zero-order valence-electron chi connectivity index (χ0n) is 7.12. The van der Waals surface area contributed by atoms with Crippen molar-refractivity contribution in [3.05, 3.63) is 21.4 Å². The number of carboxylic acids is 1. The van der Waals surface area contributed by atoms with Crippen molar-refractivity contribution in [2.24, 2.45) is 5.73 Å². The van der Waals surface area contributed by atoms with Gasteiger partial charge in [-0.05, 0) is 35.8 Å². The first kappa shape index (κ1) is 8.72. The van der Waals surface area contributed by atoms with Gasteiger partial charge in [-0.3, -0.25) is 0 Å². The van der Waals surface area contributed by atoms with Crippen LogP contribution in [0, 0.1) is 0 Å². The van der Waals surface area contributed by atoms with Crippen LogP contribution in [0.1, 0.15) is 39.7 Å². The molecule has 3 N–H and O–H groups in total. The predicted molar refractivity (Wildman–Crippen MR) is 51.1 cm³/mol. The molecule has 0 radical (unpaired) electrons. The van der Waals surface area contributed by atoms with E-state index < -0.39 is 5.97 Å². The Labute approximate surface area is 80.2 Å². The van der Waals surface area contributed by atoms with Crippen LogP contribution in [0.2, 0.25) is 0 Å². The molecule has 1 aromatic rings. The molecule has 0 aliphatic heterocycles. The van der Waals surface area contributed by atoms with Crippen LogP contribution in [-0.2, 0) is 6.42 Å². The number of thiophene rings is 1. The molecule has 3 nitrogen and oxygen atoms in total. The molecule has 0 spiro atoms. The third-order valence-corrected chi connectivity index (χ3v) is 3.49. The molecular weight excluding hydrogens is 186 g/mol. The number of aromatic carboxylic acids is 1. The van der Waals surface area contributed by atoms with Gasteiger partial charge in [-0.1, -0.05) is 0 Å². The van der Waals surface area contributed by atoms with E-state index in [4.69, 9.17) is 10.8 Å². The van der Waals surface area contributed by atoms with Gasteiger partial charge in [0.1, 0.15) is 4.88 Å². The summed E-state index contributed by atoms with van der Waals surface area (Å²) >= 11 is 1.30. The van der Waals surface area contributed by atoms with E-state index in [1.165, 1.54) is 11.3 Å². The number of nitrogens with two attached hydrogens (primary N) is 1. The molecule has 0 fully saturated rings. The van der Waals surface area contributed by atoms with Gasteiger partial charge >= 0.3 is 5.97 Å². The molecule has 2 rings (SSSR count). The maximum Gasteiger partial charge on any atom is 0.346 e. The van der Waals surface area contributed by atoms with E-state index >= 15 is 0 Å². The van der Waals surface area contributed by atoms with E-state index in [0.717, 1.165) is 30.4 Å². The van der Waals surface area contributed by atoms with E-state index in [1.54, 1.807) is 0 Å². The molecule has 13 heavy (non-hydrogen) atoms. The van der Waals surface area contributed by atoms with Crippen molar-refractivity contribution >= 4 is 17.3 Å². The first-order valence-electron chi connectivity index (χ1n) is 4.29. The van der Waals surface area contributed by atoms with E-state index in [-0.39, 0.29) is 6.04 Å². The molecule has 1 aliphatic carbocycles. The summed E-state index contributed by atoms with van der Waals surface area (Å²) in [7, 11) is 0. The molecule has 0 saturated carbocycles. The third-order valence-electron chi connectivity index (χ3n) is 2.46. The highest BCUT2D eigenvalue weighted by Gasteiger charge is 2.23. The van der Waals surface area contributed by atoms with Crippen molar-refractivity contribution in [2.75, 3.05) is 0 Å². The van der Waals surface area contributed by atoms with E-state index in [0.29, 0.717) is 4.88 Å². The lowest BCUT2D eigenvalue weighted by atomic mass is 9.90. The summed E-state index contributed by atoms with van der Waals surface area (Å²) in [6.07, 6.45) is 2.85. The highest BCUT2D eigenvalue weighted by atomic mass is 32.1. The Balaban J connectivity index is 2.47. The van der Waals surface area contributed by atoms with Gasteiger partial charge in [0.15, 0.2) is 0 Å². The molecule has 1 heterocycles. The Morgan fingerprint density at radius 1 is 1.69 bits per heavy atom. The van der Waals surface area contributed by atoms with Gasteiger partial charge in [0.05, 0.1) is 0 Å². The number of carboxylic acid groups (broad SMARTS) is 1. The fourth-order valence-corrected chi connectivity index (χ4v) is 2.82. The van der Waals surface area contributed by atoms with Crippen LogP contribution in [0.5, 0.6) is 0 Å². The summed E-state index contributed by atoms with van der Waals surface area (Å²) in [6.45, 7) is 0. The lowest BCUT2D eigenvalue weighted by Gasteiger charge is -2.18. The molecule has 0 amide bonds. The van der Waals surface area contributed by atoms with Gasteiger partial charge < -0.3 is 10.8 Å². The second kappa shape index (κ2) is 3.12. The van der Waals surface area contributed by atoms with Crippen LogP contribution in [0.4, 0.5) is 0 Å². The highest BCUT2D eigenvalue weighted by molar-refractivity contribution is 7.12. The Kier molecular flexibility index (Phi) is 2.09. The predicted octanol–water partition coefficient (Wildman–Crippen LogP) is 1.78. The summed E-state index contributed by atoms with van der Waals surface area (Å²) in [6, 6.07) is 0.0492. The number of fused-ring (bicyclic) bond motifs is 1. The summed E-state index contributed by atoms with van der Waals surface area (Å²) in [5.74, 6) is -0.819. The molecule has 0 saturated heterocycles. The van der Waals surface area contributed by atoms with Gasteiger partial charge in [0, 0.05) is 6.04 Å². The Morgan fingerprint density at radius 3 is 3.15 bits per heavy atom. The minimum absolute atomic E-state index is 0.0492. The monoisotopic (exact) mass is 197 g/mol. The smallest absolute Gasteiger partial charge is 0.346 e. The second-order valence-corrected chi connectivity index (χ2v) is 4.18. The van der Waals surface area contributed by atoms with Crippen LogP contribution in [-0.4, -0.2) is 11.1 Å². The quantitative estimate of drug-likeness (QED) is 0.721. The molecular formula is C9H11NO2S. The maximum atomic E-state index is 10.8. The molecule has 1 aromatic heterocycles. The fraction of sp³-hybridized carbons (Fsp3) is 0.444. The second-order valence-electron chi connectivity index (χ2n) is 3.30. The largest absolute Gasteiger partial charge is 0.477 e. The Hall–Kier alpha value is -0.870. The first-order chi connectivity index (χ1) is 6.20. The number of hydrogen-bond acceptors (Lipinski definition) is 3. The van der Waals surface area contributed by atoms with E-state index in [2.05, 4.69) is 0 Å². The zero-order valence-corrected chi connectivity index (χ0v) is 7.93. The van der Waals surface area contributed by atoms with Gasteiger partial charge in [-0.25, -0.2) is 4.79 Å². The van der Waals surface area contributed by atoms with Crippen molar-refractivity contribution in [3.8, 4) is 0 Å². The normalized spacial score (nSPS) is 21.2. The maximum absolute atomic E-state index is 10.8. The standard InChI is InChI=1S/C9H11NO2S/c10-7-3-1-2-5-6(7)4-13-8(5)9(11)12/h4,7H,1-3,10H2,(H,11,12). The van der Waals surface area contributed by atoms with Crippen LogP contribution in [0.3, 0.4) is 0 Å². The van der Waals surface area contributed by atoms with Crippen LogP contribution >= 0.6 is 11.3 Å². The van der Waals surface area contributed by atoms with E-state index in [9.17, 15) is 4.79 Å². The SMILES string of the molecule is NC1CCCc2c1csc2C(=O)O. The molecule has 1 unspecified atom stereocenters. The Bertz CT molecular complexity index is 345. The lowest BCUT2D eigenvalue weighted by Crippen LogP contribution is -2.17. The zero-order chi connectivity index (χ0) is 9.42. The summed E-state index contributed by atoms with van der Waals surface area (Å²) in [4.78, 5) is 11.3. The topological polar surface area (TPSA) is 63.3 Å². The van der Waals surface area contributed by atoms with Crippen molar-refractivity contribution in [1.29, 1.82) is 0 Å². The molecule has 1 atom stereocenters. The van der Waals surface area contributed by atoms with Crippen LogP contribution in [0.25, 0.3) is 0 Å². The molecule has 0 aromatic carbocycles. The van der Waals surface area contributed by atoms with Crippen LogP contribution in [0.15, 0.2) is 5.38 Å². The number of hydrogen-bond donors (Lipinski definition) is 2. The summed E-state index contributed by atoms with van der Waals surface area (Å²) < 4.78 is 0. The van der Waals surface area contributed by atoms with Gasteiger partial charge in [-0.15, -0.1) is 11.3 Å². The Morgan fingerprint density at radius 2 is 2.46 bits per heavy atom. The van der Waals surface area contributed by atoms with Gasteiger partial charge in [0.25, 0.3) is 0 Å². The third kappa shape index (κ3) is 1.36. The lowest BCUT2D eigenvalue weighted by molar-refractivity contribution is 0.0701. The summed E-state index contributed by atoms with van der Waals surface area (Å²) in [5, 5.41) is 10.8. The average molecular weight is 197 g/mol. The van der Waals surface area contributed by atoms with Crippen LogP contribution < -0.4 is 5.73 Å². The van der Waals surface area contributed by atoms with Crippen molar-refractivity contribution in [3.63, 3.8) is 0 Å². The molecule has 70 valence electrons. The summed E-state index contributed by atoms with van der Waals surface area (Å²) in [5.41, 5.74) is 7.89.